The summed E-state index contributed by atoms with van der Waals surface area (Å²) in [7, 11) is 0. The van der Waals surface area contributed by atoms with Crippen molar-refractivity contribution in [3.05, 3.63) is 41.6 Å². The molecule has 118 valence electrons. The zero-order valence-corrected chi connectivity index (χ0v) is 11.6. The molecule has 0 aliphatic heterocycles. The molecule has 0 spiro atoms. The quantitative estimate of drug-likeness (QED) is 0.637. The standard InChI is InChI=1S/C14H11F5N2O/c1-13(2,7-22)21-6-8(14(17,18)19)12(20-21)11-9(15)4-3-5-10(11)16/h3-7H,1-2H3. The van der Waals surface area contributed by atoms with Gasteiger partial charge in [0.15, 0.2) is 0 Å². The Morgan fingerprint density at radius 2 is 1.68 bits per heavy atom. The monoisotopic (exact) mass is 318 g/mol. The highest BCUT2D eigenvalue weighted by atomic mass is 19.4. The zero-order chi connectivity index (χ0) is 16.7. The van der Waals surface area contributed by atoms with Gasteiger partial charge in [-0.1, -0.05) is 6.07 Å². The first-order valence-electron chi connectivity index (χ1n) is 6.16. The predicted molar refractivity (Wildman–Crippen MR) is 68.0 cm³/mol. The van der Waals surface area contributed by atoms with E-state index in [-0.39, 0.29) is 0 Å². The van der Waals surface area contributed by atoms with Crippen molar-refractivity contribution < 1.29 is 26.7 Å². The lowest BCUT2D eigenvalue weighted by molar-refractivity contribution is -0.137. The zero-order valence-electron chi connectivity index (χ0n) is 11.6. The molecule has 0 aliphatic rings. The summed E-state index contributed by atoms with van der Waals surface area (Å²) < 4.78 is 67.6. The average Bonchev–Trinajstić information content (AvgIpc) is 2.84. The molecule has 0 atom stereocenters. The largest absolute Gasteiger partial charge is 0.420 e. The van der Waals surface area contributed by atoms with Crippen LogP contribution in [0.4, 0.5) is 22.0 Å². The Morgan fingerprint density at radius 1 is 1.14 bits per heavy atom. The first-order valence-corrected chi connectivity index (χ1v) is 6.16. The topological polar surface area (TPSA) is 34.9 Å². The number of hydrogen-bond donors (Lipinski definition) is 0. The first-order chi connectivity index (χ1) is 10.1. The van der Waals surface area contributed by atoms with Crippen molar-refractivity contribution in [3.63, 3.8) is 0 Å². The van der Waals surface area contributed by atoms with Gasteiger partial charge in [0, 0.05) is 6.20 Å². The fourth-order valence-corrected chi connectivity index (χ4v) is 1.84. The van der Waals surface area contributed by atoms with E-state index in [9.17, 15) is 26.7 Å². The van der Waals surface area contributed by atoms with Crippen molar-refractivity contribution in [2.45, 2.75) is 25.6 Å². The molecule has 2 aromatic rings. The highest BCUT2D eigenvalue weighted by Gasteiger charge is 2.39. The SMILES string of the molecule is CC(C)(C=O)n1cc(C(F)(F)F)c(-c2c(F)cccc2F)n1. The maximum atomic E-state index is 13.8. The van der Waals surface area contributed by atoms with Gasteiger partial charge in [0.1, 0.15) is 34.7 Å². The van der Waals surface area contributed by atoms with E-state index >= 15 is 0 Å². The number of benzene rings is 1. The highest BCUT2D eigenvalue weighted by Crippen LogP contribution is 2.39. The number of alkyl halides is 3. The molecule has 8 heteroatoms. The smallest absolute Gasteiger partial charge is 0.301 e. The van der Waals surface area contributed by atoms with Crippen molar-refractivity contribution in [2.24, 2.45) is 0 Å². The minimum absolute atomic E-state index is 0.391. The van der Waals surface area contributed by atoms with E-state index in [4.69, 9.17) is 0 Å². The number of carbonyl (C=O) groups is 1. The van der Waals surface area contributed by atoms with Gasteiger partial charge in [0.05, 0.1) is 5.56 Å². The molecule has 1 aromatic carbocycles. The molecule has 0 unspecified atom stereocenters. The van der Waals surface area contributed by atoms with Gasteiger partial charge in [-0.05, 0) is 26.0 Å². The molecular formula is C14H11F5N2O. The van der Waals surface area contributed by atoms with Gasteiger partial charge in [-0.15, -0.1) is 0 Å². The van der Waals surface area contributed by atoms with Crippen LogP contribution in [0.15, 0.2) is 24.4 Å². The van der Waals surface area contributed by atoms with Gasteiger partial charge >= 0.3 is 6.18 Å². The molecule has 0 N–H and O–H groups in total. The lowest BCUT2D eigenvalue weighted by Gasteiger charge is -2.17. The molecule has 0 aliphatic carbocycles. The average molecular weight is 318 g/mol. The second-order valence-corrected chi connectivity index (χ2v) is 5.20. The molecule has 22 heavy (non-hydrogen) atoms. The fraction of sp³-hybridized carbons (Fsp3) is 0.286. The van der Waals surface area contributed by atoms with Crippen molar-refractivity contribution in [3.8, 4) is 11.3 Å². The Labute approximate surface area is 122 Å². The Balaban J connectivity index is 2.78. The van der Waals surface area contributed by atoms with Crippen LogP contribution in [0.1, 0.15) is 19.4 Å². The van der Waals surface area contributed by atoms with Crippen LogP contribution in [-0.4, -0.2) is 16.1 Å². The number of carbonyl (C=O) groups excluding carboxylic acids is 1. The maximum absolute atomic E-state index is 13.8. The van der Waals surface area contributed by atoms with Crippen LogP contribution in [0.2, 0.25) is 0 Å². The number of nitrogens with zero attached hydrogens (tertiary/aromatic N) is 2. The molecule has 1 heterocycles. The van der Waals surface area contributed by atoms with Crippen LogP contribution in [0, 0.1) is 11.6 Å². The fourth-order valence-electron chi connectivity index (χ4n) is 1.84. The second kappa shape index (κ2) is 5.19. The number of aromatic nitrogens is 2. The molecule has 0 radical (unpaired) electrons. The number of halogens is 5. The van der Waals surface area contributed by atoms with Crippen LogP contribution in [-0.2, 0) is 16.5 Å². The van der Waals surface area contributed by atoms with Crippen molar-refractivity contribution >= 4 is 6.29 Å². The normalized spacial score (nSPS) is 12.5. The lowest BCUT2D eigenvalue weighted by atomic mass is 10.1. The van der Waals surface area contributed by atoms with E-state index in [1.54, 1.807) is 0 Å². The predicted octanol–water partition coefficient (Wildman–Crippen LogP) is 3.78. The van der Waals surface area contributed by atoms with Gasteiger partial charge in [-0.3, -0.25) is 4.68 Å². The van der Waals surface area contributed by atoms with E-state index in [1.807, 2.05) is 0 Å². The summed E-state index contributed by atoms with van der Waals surface area (Å²) in [4.78, 5) is 11.0. The van der Waals surface area contributed by atoms with Gasteiger partial charge in [0.25, 0.3) is 0 Å². The van der Waals surface area contributed by atoms with Crippen LogP contribution < -0.4 is 0 Å². The molecular weight excluding hydrogens is 307 g/mol. The van der Waals surface area contributed by atoms with E-state index in [0.717, 1.165) is 22.9 Å². The van der Waals surface area contributed by atoms with Crippen molar-refractivity contribution in [1.29, 1.82) is 0 Å². The molecule has 0 fully saturated rings. The van der Waals surface area contributed by atoms with Crippen LogP contribution >= 0.6 is 0 Å². The minimum Gasteiger partial charge on any atom is -0.301 e. The third kappa shape index (κ3) is 2.72. The summed E-state index contributed by atoms with van der Waals surface area (Å²) in [5, 5.41) is 3.60. The van der Waals surface area contributed by atoms with Crippen molar-refractivity contribution in [2.75, 3.05) is 0 Å². The van der Waals surface area contributed by atoms with Gasteiger partial charge in [-0.25, -0.2) is 8.78 Å². The summed E-state index contributed by atoms with van der Waals surface area (Å²) in [6.07, 6.45) is -3.92. The van der Waals surface area contributed by atoms with Crippen LogP contribution in [0.3, 0.4) is 0 Å². The summed E-state index contributed by atoms with van der Waals surface area (Å²) in [6.45, 7) is 2.66. The summed E-state index contributed by atoms with van der Waals surface area (Å²) >= 11 is 0. The van der Waals surface area contributed by atoms with Gasteiger partial charge in [-0.2, -0.15) is 18.3 Å². The van der Waals surface area contributed by atoms with Crippen LogP contribution in [0.5, 0.6) is 0 Å². The summed E-state index contributed by atoms with van der Waals surface area (Å²) in [5.41, 5.74) is -4.47. The van der Waals surface area contributed by atoms with E-state index in [0.29, 0.717) is 12.5 Å². The molecule has 0 saturated carbocycles. The van der Waals surface area contributed by atoms with Crippen molar-refractivity contribution in [1.82, 2.24) is 9.78 Å². The third-order valence-electron chi connectivity index (χ3n) is 3.10. The van der Waals surface area contributed by atoms with Gasteiger partial charge in [0.2, 0.25) is 0 Å². The highest BCUT2D eigenvalue weighted by molar-refractivity contribution is 5.66. The Kier molecular flexibility index (Phi) is 3.80. The Bertz CT molecular complexity index is 698. The maximum Gasteiger partial charge on any atom is 0.420 e. The molecule has 0 bridgehead atoms. The molecule has 2 rings (SSSR count). The Hall–Kier alpha value is -2.25. The van der Waals surface area contributed by atoms with E-state index in [2.05, 4.69) is 5.10 Å². The second-order valence-electron chi connectivity index (χ2n) is 5.20. The van der Waals surface area contributed by atoms with Crippen LogP contribution in [0.25, 0.3) is 11.3 Å². The number of hydrogen-bond acceptors (Lipinski definition) is 2. The molecule has 1 aromatic heterocycles. The first kappa shape index (κ1) is 16.1. The van der Waals surface area contributed by atoms with Gasteiger partial charge < -0.3 is 4.79 Å². The summed E-state index contributed by atoms with van der Waals surface area (Å²) in [6, 6.07) is 2.71. The Morgan fingerprint density at radius 3 is 2.14 bits per heavy atom. The molecule has 0 amide bonds. The third-order valence-corrected chi connectivity index (χ3v) is 3.10. The molecule has 3 nitrogen and oxygen atoms in total. The lowest BCUT2D eigenvalue weighted by Crippen LogP contribution is -2.28. The minimum atomic E-state index is -4.87. The van der Waals surface area contributed by atoms with E-state index < -0.39 is 40.2 Å². The number of rotatable bonds is 3. The number of aldehydes is 1. The molecule has 0 saturated heterocycles. The summed E-state index contributed by atoms with van der Waals surface area (Å²) in [5.74, 6) is -2.33. The van der Waals surface area contributed by atoms with E-state index in [1.165, 1.54) is 13.8 Å².